The van der Waals surface area contributed by atoms with Gasteiger partial charge in [0.25, 0.3) is 17.7 Å². The van der Waals surface area contributed by atoms with Crippen LogP contribution in [0.15, 0.2) is 54.6 Å². The number of alkyl halides is 2. The number of halogens is 2. The van der Waals surface area contributed by atoms with E-state index in [-0.39, 0.29) is 24.0 Å². The summed E-state index contributed by atoms with van der Waals surface area (Å²) in [7, 11) is 3.38. The highest BCUT2D eigenvalue weighted by Gasteiger charge is 2.34. The van der Waals surface area contributed by atoms with Crippen LogP contribution in [0.1, 0.15) is 52.0 Å². The number of amides is 3. The number of unbranched alkanes of at least 4 members (excludes halogenated alkanes) is 3. The number of carbonyl (C=O) groups excluding carboxylic acids is 3. The average molecular weight is 461 g/mol. The summed E-state index contributed by atoms with van der Waals surface area (Å²) in [6.45, 7) is 0.000770. The molecule has 0 N–H and O–H groups in total. The van der Waals surface area contributed by atoms with Gasteiger partial charge in [0.1, 0.15) is 6.61 Å². The second-order valence-electron chi connectivity index (χ2n) is 7.91. The van der Waals surface area contributed by atoms with Crippen LogP contribution >= 0.6 is 0 Å². The lowest BCUT2D eigenvalue weighted by Crippen LogP contribution is -2.30. The summed E-state index contributed by atoms with van der Waals surface area (Å²) >= 11 is 0. The number of nitrogens with zero attached hydrogens (tertiary/aromatic N) is 2. The van der Waals surface area contributed by atoms with Gasteiger partial charge in [0, 0.05) is 32.8 Å². The highest BCUT2D eigenvalue weighted by atomic mass is 19.3. The summed E-state index contributed by atoms with van der Waals surface area (Å²) < 4.78 is 33.0. The molecule has 0 atom stereocenters. The normalized spacial score (nSPS) is 12.8. The third-order valence-electron chi connectivity index (χ3n) is 4.99. The van der Waals surface area contributed by atoms with Crippen molar-refractivity contribution in [1.82, 2.24) is 9.80 Å². The van der Waals surface area contributed by atoms with Crippen molar-refractivity contribution in [3.63, 3.8) is 0 Å². The molecule has 0 bridgehead atoms. The Hall–Kier alpha value is -3.13. The smallest absolute Gasteiger partial charge is 0.296 e. The second-order valence-corrected chi connectivity index (χ2v) is 7.91. The number of imide groups is 1. The van der Waals surface area contributed by atoms with Crippen LogP contribution < -0.4 is 0 Å². The fourth-order valence-corrected chi connectivity index (χ4v) is 3.24. The fourth-order valence-electron chi connectivity index (χ4n) is 3.24. The molecular weight excluding hydrogens is 430 g/mol. The third-order valence-corrected chi connectivity index (χ3v) is 4.99. The zero-order valence-electron chi connectivity index (χ0n) is 19.0. The van der Waals surface area contributed by atoms with E-state index in [9.17, 15) is 23.2 Å². The molecule has 33 heavy (non-hydrogen) atoms. The van der Waals surface area contributed by atoms with Crippen molar-refractivity contribution in [3.8, 4) is 0 Å². The lowest BCUT2D eigenvalue weighted by atomic mass is 10.1. The first-order valence-corrected chi connectivity index (χ1v) is 10.9. The number of ether oxygens (including phenoxy) is 1. The molecule has 6 nitrogen and oxygen atoms in total. The van der Waals surface area contributed by atoms with Crippen molar-refractivity contribution < 1.29 is 27.9 Å². The minimum atomic E-state index is -2.99. The van der Waals surface area contributed by atoms with Gasteiger partial charge in [-0.25, -0.2) is 0 Å². The summed E-state index contributed by atoms with van der Waals surface area (Å²) in [5.74, 6) is -3.48. The van der Waals surface area contributed by atoms with Gasteiger partial charge < -0.3 is 9.64 Å². The van der Waals surface area contributed by atoms with Crippen molar-refractivity contribution in [2.45, 2.75) is 31.6 Å². The van der Waals surface area contributed by atoms with E-state index in [1.807, 2.05) is 0 Å². The first kappa shape index (κ1) is 26.1. The molecule has 0 radical (unpaired) electrons. The summed E-state index contributed by atoms with van der Waals surface area (Å²) in [5.41, 5.74) is 0.872. The van der Waals surface area contributed by atoms with Crippen LogP contribution in [0.25, 0.3) is 0 Å². The lowest BCUT2D eigenvalue weighted by Gasteiger charge is -2.17. The van der Waals surface area contributed by atoms with E-state index in [4.69, 9.17) is 4.74 Å². The zero-order chi connectivity index (χ0) is 24.3. The van der Waals surface area contributed by atoms with Gasteiger partial charge in [-0.05, 0) is 25.0 Å². The van der Waals surface area contributed by atoms with Gasteiger partial charge in [-0.3, -0.25) is 19.3 Å². The maximum absolute atomic E-state index is 14.0. The van der Waals surface area contributed by atoms with E-state index in [1.54, 1.807) is 56.6 Å². The van der Waals surface area contributed by atoms with Crippen LogP contribution in [0.5, 0.6) is 0 Å². The Bertz CT molecular complexity index is 885. The Morgan fingerprint density at radius 2 is 1.39 bits per heavy atom. The molecule has 1 aliphatic rings. The standard InChI is InChI=1S/C22H23F2NO3.C3H7NO/c23-22(24,17-10-4-3-5-11-17)16-28-15-9-2-1-8-14-25-20(26)18-12-6-7-13-19(18)21(25)27;1-4(2)3-5/h3-7,10-13H,1-2,8-9,14-16H2;3H,1-2H3. The number of rotatable bonds is 11. The molecule has 0 spiro atoms. The van der Waals surface area contributed by atoms with E-state index in [0.29, 0.717) is 30.5 Å². The van der Waals surface area contributed by atoms with Gasteiger partial charge in [-0.1, -0.05) is 55.3 Å². The van der Waals surface area contributed by atoms with Crippen LogP contribution in [0, 0.1) is 0 Å². The molecule has 0 unspecified atom stereocenters. The van der Waals surface area contributed by atoms with Crippen LogP contribution in [-0.4, -0.2) is 61.9 Å². The molecule has 1 aliphatic heterocycles. The Morgan fingerprint density at radius 3 is 1.94 bits per heavy atom. The molecule has 0 saturated carbocycles. The first-order chi connectivity index (χ1) is 15.8. The molecule has 3 rings (SSSR count). The van der Waals surface area contributed by atoms with Crippen LogP contribution in [-0.2, 0) is 15.5 Å². The molecule has 0 aromatic heterocycles. The predicted molar refractivity (Wildman–Crippen MR) is 121 cm³/mol. The van der Waals surface area contributed by atoms with Gasteiger partial charge in [-0.15, -0.1) is 0 Å². The maximum Gasteiger partial charge on any atom is 0.296 e. The predicted octanol–water partition coefficient (Wildman–Crippen LogP) is 4.36. The number of fused-ring (bicyclic) bond motifs is 1. The molecule has 1 heterocycles. The first-order valence-electron chi connectivity index (χ1n) is 10.9. The Kier molecular flexibility index (Phi) is 10.1. The van der Waals surface area contributed by atoms with Crippen molar-refractivity contribution in [1.29, 1.82) is 0 Å². The molecule has 2 aromatic rings. The molecule has 0 fully saturated rings. The van der Waals surface area contributed by atoms with E-state index in [0.717, 1.165) is 19.3 Å². The number of benzene rings is 2. The monoisotopic (exact) mass is 460 g/mol. The molecule has 3 amide bonds. The minimum Gasteiger partial charge on any atom is -0.375 e. The fraction of sp³-hybridized carbons (Fsp3) is 0.400. The molecule has 8 heteroatoms. The highest BCUT2D eigenvalue weighted by molar-refractivity contribution is 6.21. The molecule has 178 valence electrons. The summed E-state index contributed by atoms with van der Waals surface area (Å²) in [6.07, 6.45) is 3.69. The largest absolute Gasteiger partial charge is 0.375 e. The van der Waals surface area contributed by atoms with Crippen LogP contribution in [0.4, 0.5) is 8.78 Å². The van der Waals surface area contributed by atoms with E-state index in [2.05, 4.69) is 0 Å². The van der Waals surface area contributed by atoms with Crippen LogP contribution in [0.2, 0.25) is 0 Å². The highest BCUT2D eigenvalue weighted by Crippen LogP contribution is 2.28. The molecule has 2 aromatic carbocycles. The number of carbonyl (C=O) groups is 3. The average Bonchev–Trinajstić information content (AvgIpc) is 3.06. The summed E-state index contributed by atoms with van der Waals surface area (Å²) in [6, 6.07) is 14.5. The summed E-state index contributed by atoms with van der Waals surface area (Å²) in [4.78, 5) is 36.6. The third kappa shape index (κ3) is 7.75. The van der Waals surface area contributed by atoms with Gasteiger partial charge in [-0.2, -0.15) is 8.78 Å². The van der Waals surface area contributed by atoms with Crippen LogP contribution in [0.3, 0.4) is 0 Å². The Labute approximate surface area is 193 Å². The Morgan fingerprint density at radius 1 is 0.879 bits per heavy atom. The van der Waals surface area contributed by atoms with Crippen molar-refractivity contribution in [2.75, 3.05) is 33.9 Å². The van der Waals surface area contributed by atoms with E-state index >= 15 is 0 Å². The molecule has 0 aliphatic carbocycles. The van der Waals surface area contributed by atoms with Gasteiger partial charge in [0.05, 0.1) is 11.1 Å². The van der Waals surface area contributed by atoms with Gasteiger partial charge >= 0.3 is 0 Å². The van der Waals surface area contributed by atoms with Gasteiger partial charge in [0.15, 0.2) is 0 Å². The minimum absolute atomic E-state index is 0.0454. The van der Waals surface area contributed by atoms with E-state index < -0.39 is 12.5 Å². The van der Waals surface area contributed by atoms with Gasteiger partial charge in [0.2, 0.25) is 6.41 Å². The quantitative estimate of drug-likeness (QED) is 0.284. The second kappa shape index (κ2) is 12.8. The van der Waals surface area contributed by atoms with E-state index in [1.165, 1.54) is 21.9 Å². The maximum atomic E-state index is 14.0. The SMILES string of the molecule is CN(C)C=O.O=C1c2ccccc2C(=O)N1CCCCCCOCC(F)(F)c1ccccc1. The summed E-state index contributed by atoms with van der Waals surface area (Å²) in [5, 5.41) is 0. The molecular formula is C25H30F2N2O4. The number of hydrogen-bond donors (Lipinski definition) is 0. The number of hydrogen-bond acceptors (Lipinski definition) is 4. The zero-order valence-corrected chi connectivity index (χ0v) is 19.0. The lowest BCUT2D eigenvalue weighted by molar-refractivity contribution is -0.115. The van der Waals surface area contributed by atoms with Crippen molar-refractivity contribution >= 4 is 18.2 Å². The molecule has 0 saturated heterocycles. The van der Waals surface area contributed by atoms with Crippen molar-refractivity contribution in [3.05, 3.63) is 71.3 Å². The topological polar surface area (TPSA) is 66.9 Å². The van der Waals surface area contributed by atoms with Crippen molar-refractivity contribution in [2.24, 2.45) is 0 Å². The Balaban J connectivity index is 0.000000696.